The van der Waals surface area contributed by atoms with Crippen molar-refractivity contribution in [2.45, 2.75) is 13.0 Å². The molecule has 1 aromatic carbocycles. The maximum atomic E-state index is 5.93. The molecule has 1 aliphatic heterocycles. The number of anilines is 2. The monoisotopic (exact) mass is 256 g/mol. The minimum atomic E-state index is 0.186. The van der Waals surface area contributed by atoms with Crippen LogP contribution in [0.25, 0.3) is 0 Å². The number of nitrogen functional groups attached to an aromatic ring is 1. The average molecular weight is 256 g/mol. The number of aromatic nitrogens is 2. The molecule has 0 atom stereocenters. The quantitative estimate of drug-likeness (QED) is 0.904. The fourth-order valence-corrected chi connectivity index (χ4v) is 2.06. The second-order valence-corrected chi connectivity index (χ2v) is 4.69. The molecule has 0 amide bonds. The van der Waals surface area contributed by atoms with Gasteiger partial charge in [-0.05, 0) is 24.6 Å². The van der Waals surface area contributed by atoms with Gasteiger partial charge in [0.2, 0.25) is 5.95 Å². The van der Waals surface area contributed by atoms with Crippen molar-refractivity contribution >= 4 is 11.8 Å². The van der Waals surface area contributed by atoms with Gasteiger partial charge in [-0.2, -0.15) is 4.98 Å². The number of para-hydroxylation sites is 1. The van der Waals surface area contributed by atoms with Crippen LogP contribution in [0.5, 0.6) is 5.75 Å². The first kappa shape index (κ1) is 11.8. The molecule has 0 spiro atoms. The second-order valence-electron chi connectivity index (χ2n) is 4.69. The summed E-state index contributed by atoms with van der Waals surface area (Å²) in [7, 11) is 0. The first-order valence-electron chi connectivity index (χ1n) is 6.28. The minimum Gasteiger partial charge on any atom is -0.486 e. The van der Waals surface area contributed by atoms with E-state index in [4.69, 9.17) is 10.5 Å². The highest BCUT2D eigenvalue weighted by molar-refractivity contribution is 5.41. The topological polar surface area (TPSA) is 64.3 Å². The summed E-state index contributed by atoms with van der Waals surface area (Å²) in [4.78, 5) is 10.4. The molecule has 3 rings (SSSR count). The Hall–Kier alpha value is -2.30. The lowest BCUT2D eigenvalue weighted by Crippen LogP contribution is -2.54. The molecular weight excluding hydrogens is 240 g/mol. The molecule has 5 heteroatoms. The lowest BCUT2D eigenvalue weighted by atomic mass is 10.1. The fourth-order valence-electron chi connectivity index (χ4n) is 2.06. The number of aryl methyl sites for hydroxylation is 1. The first-order chi connectivity index (χ1) is 9.22. The molecule has 1 aliphatic rings. The van der Waals surface area contributed by atoms with Crippen molar-refractivity contribution in [2.75, 3.05) is 23.7 Å². The number of hydrogen-bond donors (Lipinski definition) is 1. The van der Waals surface area contributed by atoms with Crippen LogP contribution < -0.4 is 15.4 Å². The maximum Gasteiger partial charge on any atom is 0.227 e. The van der Waals surface area contributed by atoms with Gasteiger partial charge in [-0.15, -0.1) is 0 Å². The number of rotatable bonds is 3. The third-order valence-corrected chi connectivity index (χ3v) is 3.18. The predicted octanol–water partition coefficient (Wildman–Crippen LogP) is 1.63. The number of ether oxygens (including phenoxy) is 1. The van der Waals surface area contributed by atoms with Crippen LogP contribution in [0.1, 0.15) is 5.56 Å². The number of hydrogen-bond acceptors (Lipinski definition) is 5. The molecule has 98 valence electrons. The van der Waals surface area contributed by atoms with E-state index in [1.54, 1.807) is 12.3 Å². The van der Waals surface area contributed by atoms with E-state index in [9.17, 15) is 0 Å². The van der Waals surface area contributed by atoms with E-state index in [-0.39, 0.29) is 6.10 Å². The fraction of sp³-hybridized carbons (Fsp3) is 0.286. The molecule has 0 aliphatic carbocycles. The summed E-state index contributed by atoms with van der Waals surface area (Å²) < 4.78 is 5.93. The van der Waals surface area contributed by atoms with Gasteiger partial charge in [-0.25, -0.2) is 4.98 Å². The Balaban J connectivity index is 1.60. The van der Waals surface area contributed by atoms with Gasteiger partial charge in [-0.3, -0.25) is 0 Å². The van der Waals surface area contributed by atoms with E-state index in [0.29, 0.717) is 11.8 Å². The van der Waals surface area contributed by atoms with Crippen molar-refractivity contribution < 1.29 is 4.74 Å². The minimum absolute atomic E-state index is 0.186. The van der Waals surface area contributed by atoms with E-state index in [0.717, 1.165) is 24.4 Å². The van der Waals surface area contributed by atoms with Crippen LogP contribution >= 0.6 is 0 Å². The molecule has 5 nitrogen and oxygen atoms in total. The molecule has 1 aromatic heterocycles. The highest BCUT2D eigenvalue weighted by Crippen LogP contribution is 2.23. The smallest absolute Gasteiger partial charge is 0.227 e. The summed E-state index contributed by atoms with van der Waals surface area (Å²) >= 11 is 0. The zero-order chi connectivity index (χ0) is 13.2. The zero-order valence-electron chi connectivity index (χ0n) is 10.8. The Morgan fingerprint density at radius 2 is 2.05 bits per heavy atom. The molecular formula is C14H16N4O. The van der Waals surface area contributed by atoms with Gasteiger partial charge in [0.1, 0.15) is 17.7 Å². The van der Waals surface area contributed by atoms with Crippen LogP contribution in [-0.2, 0) is 0 Å². The normalized spacial score (nSPS) is 15.1. The SMILES string of the molecule is Cc1ccccc1OC1CN(c2nccc(N)n2)C1. The van der Waals surface area contributed by atoms with Crippen molar-refractivity contribution in [1.82, 2.24) is 9.97 Å². The Kier molecular flexibility index (Phi) is 2.95. The number of nitrogens with zero attached hydrogens (tertiary/aromatic N) is 3. The molecule has 2 aromatic rings. The molecule has 19 heavy (non-hydrogen) atoms. The Bertz CT molecular complexity index is 581. The highest BCUT2D eigenvalue weighted by atomic mass is 16.5. The second kappa shape index (κ2) is 4.76. The third kappa shape index (κ3) is 2.45. The number of nitrogens with two attached hydrogens (primary N) is 1. The predicted molar refractivity (Wildman–Crippen MR) is 74.3 cm³/mol. The van der Waals surface area contributed by atoms with E-state index in [1.165, 1.54) is 0 Å². The third-order valence-electron chi connectivity index (χ3n) is 3.18. The average Bonchev–Trinajstić information content (AvgIpc) is 2.35. The highest BCUT2D eigenvalue weighted by Gasteiger charge is 2.30. The maximum absolute atomic E-state index is 5.93. The standard InChI is InChI=1S/C14H16N4O/c1-10-4-2-3-5-12(10)19-11-8-18(9-11)14-16-7-6-13(15)17-14/h2-7,11H,8-9H2,1H3,(H2,15,16,17). The van der Waals surface area contributed by atoms with Gasteiger partial charge in [0.15, 0.2) is 0 Å². The van der Waals surface area contributed by atoms with Crippen molar-refractivity contribution in [3.63, 3.8) is 0 Å². The summed E-state index contributed by atoms with van der Waals surface area (Å²) in [5.74, 6) is 2.11. The lowest BCUT2D eigenvalue weighted by molar-refractivity contribution is 0.165. The van der Waals surface area contributed by atoms with Gasteiger partial charge < -0.3 is 15.4 Å². The van der Waals surface area contributed by atoms with Gasteiger partial charge in [0.25, 0.3) is 0 Å². The molecule has 0 unspecified atom stereocenters. The van der Waals surface area contributed by atoms with Gasteiger partial charge in [0.05, 0.1) is 13.1 Å². The van der Waals surface area contributed by atoms with Crippen molar-refractivity contribution in [1.29, 1.82) is 0 Å². The van der Waals surface area contributed by atoms with Crippen LogP contribution in [0.3, 0.4) is 0 Å². The summed E-state index contributed by atoms with van der Waals surface area (Å²) in [6.45, 7) is 3.63. The summed E-state index contributed by atoms with van der Waals surface area (Å²) in [6, 6.07) is 9.72. The lowest BCUT2D eigenvalue weighted by Gasteiger charge is -2.39. The van der Waals surface area contributed by atoms with Crippen LogP contribution in [0.2, 0.25) is 0 Å². The summed E-state index contributed by atoms with van der Waals surface area (Å²) in [5, 5.41) is 0. The first-order valence-corrected chi connectivity index (χ1v) is 6.28. The van der Waals surface area contributed by atoms with Crippen molar-refractivity contribution in [3.05, 3.63) is 42.1 Å². The molecule has 0 bridgehead atoms. The van der Waals surface area contributed by atoms with Gasteiger partial charge in [-0.1, -0.05) is 18.2 Å². The van der Waals surface area contributed by atoms with Crippen LogP contribution in [0.15, 0.2) is 36.5 Å². The molecule has 0 saturated carbocycles. The van der Waals surface area contributed by atoms with Crippen molar-refractivity contribution in [2.24, 2.45) is 0 Å². The Morgan fingerprint density at radius 1 is 1.26 bits per heavy atom. The van der Waals surface area contributed by atoms with E-state index < -0.39 is 0 Å². The largest absolute Gasteiger partial charge is 0.486 e. The Morgan fingerprint density at radius 3 is 2.79 bits per heavy atom. The van der Waals surface area contributed by atoms with Gasteiger partial charge in [0, 0.05) is 6.20 Å². The summed E-state index contributed by atoms with van der Waals surface area (Å²) in [5.41, 5.74) is 6.80. The zero-order valence-corrected chi connectivity index (χ0v) is 10.8. The van der Waals surface area contributed by atoms with Gasteiger partial charge >= 0.3 is 0 Å². The Labute approximate surface area is 112 Å². The van der Waals surface area contributed by atoms with Crippen LogP contribution in [0, 0.1) is 6.92 Å². The van der Waals surface area contributed by atoms with E-state index in [1.807, 2.05) is 31.2 Å². The van der Waals surface area contributed by atoms with Crippen LogP contribution in [-0.4, -0.2) is 29.2 Å². The van der Waals surface area contributed by atoms with Crippen LogP contribution in [0.4, 0.5) is 11.8 Å². The molecule has 0 radical (unpaired) electrons. The number of benzene rings is 1. The molecule has 2 N–H and O–H groups in total. The van der Waals surface area contributed by atoms with E-state index >= 15 is 0 Å². The molecule has 2 heterocycles. The molecule has 1 fully saturated rings. The van der Waals surface area contributed by atoms with Crippen molar-refractivity contribution in [3.8, 4) is 5.75 Å². The van der Waals surface area contributed by atoms with E-state index in [2.05, 4.69) is 14.9 Å². The molecule has 1 saturated heterocycles. The summed E-state index contributed by atoms with van der Waals surface area (Å²) in [6.07, 6.45) is 1.86.